The van der Waals surface area contributed by atoms with E-state index in [-0.39, 0.29) is 4.70 Å². The smallest absolute Gasteiger partial charge is 0.0336 e. The molecule has 0 heterocycles. The Morgan fingerprint density at radius 2 is 1.67 bits per heavy atom. The molecule has 0 aromatic heterocycles. The maximum absolute atomic E-state index is 5.55. The summed E-state index contributed by atoms with van der Waals surface area (Å²) < 4.78 is 0. The van der Waals surface area contributed by atoms with Crippen LogP contribution >= 0.6 is 11.6 Å². The number of rotatable bonds is 0. The normalized spacial score (nSPS) is 21.5. The second-order valence-corrected chi connectivity index (χ2v) is 2.15. The molecule has 1 saturated carbocycles. The summed E-state index contributed by atoms with van der Waals surface area (Å²) in [4.78, 5) is 0. The van der Waals surface area contributed by atoms with Gasteiger partial charge < -0.3 is 0 Å². The summed E-state index contributed by atoms with van der Waals surface area (Å²) in [6.07, 6.45) is 3.86. The minimum absolute atomic E-state index is 0. The van der Waals surface area contributed by atoms with Crippen molar-refractivity contribution in [3.8, 4) is 0 Å². The average molecular weight is 111 g/mol. The first kappa shape index (κ1) is 6.22. The molecule has 1 fully saturated rings. The van der Waals surface area contributed by atoms with Crippen LogP contribution in [0.2, 0.25) is 0 Å². The highest BCUT2D eigenvalue weighted by molar-refractivity contribution is 6.21. The molecule has 0 aliphatic heterocycles. The Balaban J connectivity index is 0.000000250. The predicted molar refractivity (Wildman–Crippen MR) is 26.0 cm³/mol. The zero-order valence-electron chi connectivity index (χ0n) is 3.48. The van der Waals surface area contributed by atoms with Crippen LogP contribution in [0.4, 0.5) is 4.70 Å². The zero-order valence-corrected chi connectivity index (χ0v) is 4.24. The van der Waals surface area contributed by atoms with Gasteiger partial charge in [0.15, 0.2) is 0 Å². The summed E-state index contributed by atoms with van der Waals surface area (Å²) in [5.74, 6) is 0. The van der Waals surface area contributed by atoms with Gasteiger partial charge in [0.1, 0.15) is 0 Å². The van der Waals surface area contributed by atoms with Gasteiger partial charge in [-0.05, 0) is 12.8 Å². The van der Waals surface area contributed by atoms with Crippen LogP contribution in [0, 0.1) is 0 Å². The highest BCUT2D eigenvalue weighted by Crippen LogP contribution is 2.23. The molecule has 0 N–H and O–H groups in total. The monoisotopic (exact) mass is 110 g/mol. The lowest BCUT2D eigenvalue weighted by Crippen LogP contribution is -2.08. The molecule has 1 aliphatic carbocycles. The lowest BCUT2D eigenvalue weighted by Gasteiger charge is -2.16. The van der Waals surface area contributed by atoms with Crippen molar-refractivity contribution in [2.24, 2.45) is 0 Å². The fourth-order valence-electron chi connectivity index (χ4n) is 0.358. The van der Waals surface area contributed by atoms with Crippen molar-refractivity contribution >= 4 is 11.6 Å². The molecule has 1 aliphatic rings. The third-order valence-corrected chi connectivity index (χ3v) is 1.47. The first-order chi connectivity index (χ1) is 2.39. The highest BCUT2D eigenvalue weighted by Gasteiger charge is 2.11. The van der Waals surface area contributed by atoms with E-state index in [1.54, 1.807) is 0 Å². The van der Waals surface area contributed by atoms with Gasteiger partial charge >= 0.3 is 0 Å². The maximum Gasteiger partial charge on any atom is 0.0336 e. The summed E-state index contributed by atoms with van der Waals surface area (Å²) >= 11 is 5.55. The quantitative estimate of drug-likeness (QED) is 0.418. The van der Waals surface area contributed by atoms with Crippen LogP contribution in [-0.4, -0.2) is 5.38 Å². The van der Waals surface area contributed by atoms with Crippen molar-refractivity contribution in [2.75, 3.05) is 0 Å². The molecule has 0 spiro atoms. The maximum atomic E-state index is 5.55. The van der Waals surface area contributed by atoms with Crippen molar-refractivity contribution in [1.82, 2.24) is 0 Å². The van der Waals surface area contributed by atoms with Crippen molar-refractivity contribution < 1.29 is 4.70 Å². The molecule has 0 nitrogen and oxygen atoms in total. The number of hydrogen-bond donors (Lipinski definition) is 0. The van der Waals surface area contributed by atoms with Gasteiger partial charge in [-0.25, -0.2) is 0 Å². The topological polar surface area (TPSA) is 0 Å². The minimum Gasteiger partial charge on any atom is -0.269 e. The van der Waals surface area contributed by atoms with Gasteiger partial charge in [0.05, 0.1) is 0 Å². The molecule has 6 heavy (non-hydrogen) atoms. The third-order valence-electron chi connectivity index (χ3n) is 1.03. The fraction of sp³-hybridized carbons (Fsp3) is 1.00. The number of halogens is 2. The number of hydrogen-bond acceptors (Lipinski definition) is 0. The Kier molecular flexibility index (Phi) is 2.49. The Morgan fingerprint density at radius 3 is 1.67 bits per heavy atom. The van der Waals surface area contributed by atoms with E-state index in [2.05, 4.69) is 0 Å². The van der Waals surface area contributed by atoms with Gasteiger partial charge in [-0.2, -0.15) is 0 Å². The van der Waals surface area contributed by atoms with Crippen LogP contribution in [0.5, 0.6) is 0 Å². The van der Waals surface area contributed by atoms with Crippen molar-refractivity contribution in [2.45, 2.75) is 24.6 Å². The van der Waals surface area contributed by atoms with Crippen molar-refractivity contribution in [3.63, 3.8) is 0 Å². The summed E-state index contributed by atoms with van der Waals surface area (Å²) in [6.45, 7) is 0. The van der Waals surface area contributed by atoms with Crippen molar-refractivity contribution in [1.29, 1.82) is 0 Å². The van der Waals surface area contributed by atoms with E-state index in [1.807, 2.05) is 0 Å². The molecular formula is C4H8ClF. The molecule has 1 rings (SSSR count). The van der Waals surface area contributed by atoms with E-state index in [4.69, 9.17) is 11.6 Å². The average Bonchev–Trinajstić information content (AvgIpc) is 1.30. The molecule has 0 aromatic rings. The molecule has 2 heteroatoms. The Hall–Kier alpha value is 0.220. The molecule has 38 valence electrons. The van der Waals surface area contributed by atoms with Gasteiger partial charge in [0.25, 0.3) is 0 Å². The van der Waals surface area contributed by atoms with E-state index < -0.39 is 0 Å². The SMILES string of the molecule is ClC1CCC1.F. The highest BCUT2D eigenvalue weighted by atomic mass is 35.5. The predicted octanol–water partition coefficient (Wildman–Crippen LogP) is 1.93. The van der Waals surface area contributed by atoms with E-state index in [0.717, 1.165) is 0 Å². The van der Waals surface area contributed by atoms with E-state index in [1.165, 1.54) is 19.3 Å². The zero-order chi connectivity index (χ0) is 3.70. The van der Waals surface area contributed by atoms with Crippen molar-refractivity contribution in [3.05, 3.63) is 0 Å². The van der Waals surface area contributed by atoms with Crippen LogP contribution in [0.15, 0.2) is 0 Å². The van der Waals surface area contributed by atoms with E-state index >= 15 is 0 Å². The van der Waals surface area contributed by atoms with Crippen LogP contribution in [0.25, 0.3) is 0 Å². The Labute approximate surface area is 41.9 Å². The molecule has 0 atom stereocenters. The minimum atomic E-state index is 0. The fourth-order valence-corrected chi connectivity index (χ4v) is 0.667. The summed E-state index contributed by atoms with van der Waals surface area (Å²) in [5.41, 5.74) is 0. The molecule has 0 amide bonds. The van der Waals surface area contributed by atoms with Gasteiger partial charge in [-0.1, -0.05) is 6.42 Å². The summed E-state index contributed by atoms with van der Waals surface area (Å²) in [7, 11) is 0. The second-order valence-electron chi connectivity index (χ2n) is 1.53. The third kappa shape index (κ3) is 1.13. The van der Waals surface area contributed by atoms with Crippen LogP contribution in [0.1, 0.15) is 19.3 Å². The lowest BCUT2D eigenvalue weighted by molar-refractivity contribution is 0.514. The largest absolute Gasteiger partial charge is 0.269 e. The molecule has 0 aromatic carbocycles. The molecule has 0 saturated heterocycles. The second kappa shape index (κ2) is 2.40. The van der Waals surface area contributed by atoms with Gasteiger partial charge in [-0.3, -0.25) is 4.70 Å². The van der Waals surface area contributed by atoms with E-state index in [0.29, 0.717) is 5.38 Å². The summed E-state index contributed by atoms with van der Waals surface area (Å²) in [5, 5.41) is 0.537. The van der Waals surface area contributed by atoms with Gasteiger partial charge in [-0.15, -0.1) is 11.6 Å². The number of alkyl halides is 1. The van der Waals surface area contributed by atoms with Gasteiger partial charge in [0, 0.05) is 5.38 Å². The van der Waals surface area contributed by atoms with Crippen LogP contribution in [0.3, 0.4) is 0 Å². The molecule has 0 radical (unpaired) electrons. The first-order valence-corrected chi connectivity index (χ1v) is 2.47. The molecular weight excluding hydrogens is 102 g/mol. The summed E-state index contributed by atoms with van der Waals surface area (Å²) in [6, 6.07) is 0. The standard InChI is InChI=1S/C4H7Cl.FH/c5-4-2-1-3-4;/h4H,1-3H2;1H. The van der Waals surface area contributed by atoms with E-state index in [9.17, 15) is 0 Å². The molecule has 0 unspecified atom stereocenters. The van der Waals surface area contributed by atoms with Crippen LogP contribution < -0.4 is 0 Å². The molecule has 0 bridgehead atoms. The Bertz CT molecular complexity index is 34.5. The van der Waals surface area contributed by atoms with Crippen LogP contribution in [-0.2, 0) is 0 Å². The van der Waals surface area contributed by atoms with Gasteiger partial charge in [0.2, 0.25) is 0 Å². The first-order valence-electron chi connectivity index (χ1n) is 2.03. The Morgan fingerprint density at radius 1 is 1.33 bits per heavy atom. The lowest BCUT2D eigenvalue weighted by atomic mass is 10.0.